The third-order valence-electron chi connectivity index (χ3n) is 3.61. The minimum absolute atomic E-state index is 0.760. The lowest BCUT2D eigenvalue weighted by Gasteiger charge is -2.10. The predicted molar refractivity (Wildman–Crippen MR) is 84.2 cm³/mol. The quantitative estimate of drug-likeness (QED) is 0.864. The van der Waals surface area contributed by atoms with E-state index in [1.165, 1.54) is 35.1 Å². The molecule has 0 atom stereocenters. The molecule has 0 unspecified atom stereocenters. The van der Waals surface area contributed by atoms with Gasteiger partial charge in [0.2, 0.25) is 0 Å². The highest BCUT2D eigenvalue weighted by Crippen LogP contribution is 2.27. The van der Waals surface area contributed by atoms with Gasteiger partial charge in [0.25, 0.3) is 0 Å². The Labute approximate surface area is 123 Å². The zero-order valence-electron chi connectivity index (χ0n) is 11.1. The summed E-state index contributed by atoms with van der Waals surface area (Å²) >= 11 is 3.55. The number of nitrogens with one attached hydrogen (secondary N) is 1. The van der Waals surface area contributed by atoms with Crippen molar-refractivity contribution in [1.29, 1.82) is 0 Å². The molecule has 98 valence electrons. The topological polar surface area (TPSA) is 12.0 Å². The maximum absolute atomic E-state index is 3.57. The first-order valence-corrected chi connectivity index (χ1v) is 7.60. The number of hydrogen-bond acceptors (Lipinski definition) is 1. The van der Waals surface area contributed by atoms with Crippen LogP contribution >= 0.6 is 15.9 Å². The highest BCUT2D eigenvalue weighted by molar-refractivity contribution is 9.10. The molecule has 2 aromatic rings. The molecule has 2 aromatic carbocycles. The van der Waals surface area contributed by atoms with Gasteiger partial charge in [-0.05, 0) is 60.2 Å². The number of aryl methyl sites for hydroxylation is 1. The summed E-state index contributed by atoms with van der Waals surface area (Å²) in [6.07, 6.45) is 2.68. The van der Waals surface area contributed by atoms with Crippen molar-refractivity contribution in [3.05, 3.63) is 58.1 Å². The summed E-state index contributed by atoms with van der Waals surface area (Å²) in [6.45, 7) is 3.15. The molecule has 0 heterocycles. The summed E-state index contributed by atoms with van der Waals surface area (Å²) in [7, 11) is 0. The fourth-order valence-corrected chi connectivity index (χ4v) is 2.70. The Morgan fingerprint density at radius 1 is 1.16 bits per heavy atom. The molecule has 19 heavy (non-hydrogen) atoms. The molecular weight excluding hydrogens is 298 g/mol. The second kappa shape index (κ2) is 5.48. The van der Waals surface area contributed by atoms with Crippen LogP contribution < -0.4 is 5.32 Å². The molecule has 3 rings (SSSR count). The van der Waals surface area contributed by atoms with Crippen LogP contribution in [-0.4, -0.2) is 6.04 Å². The van der Waals surface area contributed by atoms with Gasteiger partial charge in [-0.3, -0.25) is 0 Å². The Balaban J connectivity index is 1.88. The Morgan fingerprint density at radius 3 is 2.74 bits per heavy atom. The van der Waals surface area contributed by atoms with Gasteiger partial charge in [0.15, 0.2) is 0 Å². The number of benzene rings is 2. The molecule has 0 aliphatic heterocycles. The summed E-state index contributed by atoms with van der Waals surface area (Å²) in [5.41, 5.74) is 5.30. The summed E-state index contributed by atoms with van der Waals surface area (Å²) in [5, 5.41) is 3.57. The van der Waals surface area contributed by atoms with Crippen molar-refractivity contribution in [2.75, 3.05) is 0 Å². The molecule has 1 saturated carbocycles. The average molecular weight is 316 g/mol. The highest BCUT2D eigenvalue weighted by atomic mass is 79.9. The Kier molecular flexibility index (Phi) is 3.72. The van der Waals surface area contributed by atoms with Gasteiger partial charge >= 0.3 is 0 Å². The van der Waals surface area contributed by atoms with Crippen molar-refractivity contribution in [2.24, 2.45) is 0 Å². The molecule has 0 saturated heterocycles. The molecule has 1 N–H and O–H groups in total. The monoisotopic (exact) mass is 315 g/mol. The van der Waals surface area contributed by atoms with E-state index in [0.717, 1.165) is 17.1 Å². The van der Waals surface area contributed by atoms with Crippen LogP contribution in [0.5, 0.6) is 0 Å². The van der Waals surface area contributed by atoms with E-state index < -0.39 is 0 Å². The van der Waals surface area contributed by atoms with Crippen molar-refractivity contribution in [2.45, 2.75) is 32.4 Å². The molecule has 0 radical (unpaired) electrons. The summed E-state index contributed by atoms with van der Waals surface area (Å²) in [5.74, 6) is 0. The molecule has 1 aliphatic carbocycles. The molecule has 1 nitrogen and oxygen atoms in total. The van der Waals surface area contributed by atoms with Gasteiger partial charge in [0.1, 0.15) is 0 Å². The van der Waals surface area contributed by atoms with Gasteiger partial charge in [0.05, 0.1) is 0 Å². The second-order valence-corrected chi connectivity index (χ2v) is 6.23. The van der Waals surface area contributed by atoms with E-state index in [9.17, 15) is 0 Å². The van der Waals surface area contributed by atoms with Gasteiger partial charge in [-0.25, -0.2) is 0 Å². The number of hydrogen-bond donors (Lipinski definition) is 1. The first kappa shape index (κ1) is 12.9. The smallest absolute Gasteiger partial charge is 0.0208 e. The molecule has 0 bridgehead atoms. The average Bonchev–Trinajstić information content (AvgIpc) is 3.22. The van der Waals surface area contributed by atoms with E-state index in [2.05, 4.69) is 70.6 Å². The molecule has 1 aliphatic rings. The second-order valence-electron chi connectivity index (χ2n) is 5.31. The van der Waals surface area contributed by atoms with E-state index in [1.807, 2.05) is 0 Å². The van der Waals surface area contributed by atoms with Gasteiger partial charge in [-0.2, -0.15) is 0 Å². The van der Waals surface area contributed by atoms with Crippen molar-refractivity contribution in [1.82, 2.24) is 5.32 Å². The molecule has 0 amide bonds. The van der Waals surface area contributed by atoms with Crippen LogP contribution in [0.1, 0.15) is 24.0 Å². The molecular formula is C17H18BrN. The van der Waals surface area contributed by atoms with Crippen LogP contribution in [0.25, 0.3) is 11.1 Å². The van der Waals surface area contributed by atoms with Crippen LogP contribution in [0, 0.1) is 6.92 Å². The van der Waals surface area contributed by atoms with Gasteiger partial charge in [0, 0.05) is 17.1 Å². The Morgan fingerprint density at radius 2 is 2.00 bits per heavy atom. The third-order valence-corrected chi connectivity index (χ3v) is 4.10. The lowest BCUT2D eigenvalue weighted by molar-refractivity contribution is 0.688. The normalized spacial score (nSPS) is 14.6. The standard InChI is InChI=1S/C17H18BrN/c1-12-5-6-13(11-19-16-7-8-16)9-17(12)14-3-2-4-15(18)10-14/h2-6,9-10,16,19H,7-8,11H2,1H3. The first-order valence-electron chi connectivity index (χ1n) is 6.81. The fraction of sp³-hybridized carbons (Fsp3) is 0.294. The Bertz CT molecular complexity index is 588. The zero-order valence-corrected chi connectivity index (χ0v) is 12.7. The Hall–Kier alpha value is -1.12. The van der Waals surface area contributed by atoms with Crippen LogP contribution in [-0.2, 0) is 6.54 Å². The van der Waals surface area contributed by atoms with E-state index >= 15 is 0 Å². The van der Waals surface area contributed by atoms with Gasteiger partial charge in [-0.1, -0.05) is 40.2 Å². The van der Waals surface area contributed by atoms with E-state index in [4.69, 9.17) is 0 Å². The van der Waals surface area contributed by atoms with E-state index in [-0.39, 0.29) is 0 Å². The van der Waals surface area contributed by atoms with Crippen molar-refractivity contribution in [3.63, 3.8) is 0 Å². The van der Waals surface area contributed by atoms with Crippen LogP contribution in [0.2, 0.25) is 0 Å². The first-order chi connectivity index (χ1) is 9.22. The van der Waals surface area contributed by atoms with Crippen LogP contribution in [0.3, 0.4) is 0 Å². The number of halogens is 1. The van der Waals surface area contributed by atoms with Crippen LogP contribution in [0.15, 0.2) is 46.9 Å². The maximum Gasteiger partial charge on any atom is 0.0208 e. The third kappa shape index (κ3) is 3.26. The summed E-state index contributed by atoms with van der Waals surface area (Å²) in [4.78, 5) is 0. The summed E-state index contributed by atoms with van der Waals surface area (Å²) in [6, 6.07) is 16.0. The lowest BCUT2D eigenvalue weighted by Crippen LogP contribution is -2.15. The van der Waals surface area contributed by atoms with Crippen molar-refractivity contribution < 1.29 is 0 Å². The summed E-state index contributed by atoms with van der Waals surface area (Å²) < 4.78 is 1.13. The van der Waals surface area contributed by atoms with Crippen molar-refractivity contribution in [3.8, 4) is 11.1 Å². The SMILES string of the molecule is Cc1ccc(CNC2CC2)cc1-c1cccc(Br)c1. The lowest BCUT2D eigenvalue weighted by atomic mass is 9.98. The van der Waals surface area contributed by atoms with E-state index in [1.54, 1.807) is 0 Å². The minimum atomic E-state index is 0.760. The van der Waals surface area contributed by atoms with Crippen molar-refractivity contribution >= 4 is 15.9 Å². The van der Waals surface area contributed by atoms with Gasteiger partial charge in [-0.15, -0.1) is 0 Å². The zero-order chi connectivity index (χ0) is 13.2. The molecule has 0 spiro atoms. The molecule has 2 heteroatoms. The highest BCUT2D eigenvalue weighted by Gasteiger charge is 2.19. The minimum Gasteiger partial charge on any atom is -0.310 e. The largest absolute Gasteiger partial charge is 0.310 e. The fourth-order valence-electron chi connectivity index (χ4n) is 2.30. The molecule has 1 fully saturated rings. The number of rotatable bonds is 4. The van der Waals surface area contributed by atoms with Crippen LogP contribution in [0.4, 0.5) is 0 Å². The maximum atomic E-state index is 3.57. The van der Waals surface area contributed by atoms with E-state index in [0.29, 0.717) is 0 Å². The van der Waals surface area contributed by atoms with Gasteiger partial charge < -0.3 is 5.32 Å². The predicted octanol–water partition coefficient (Wildman–Crippen LogP) is 4.68. The molecule has 0 aromatic heterocycles.